The fraction of sp³-hybridized carbons (Fsp3) is 0.769. The van der Waals surface area contributed by atoms with Crippen LogP contribution in [0, 0.1) is 10.1 Å². The minimum Gasteiger partial charge on any atom is -0.470 e. The van der Waals surface area contributed by atoms with Gasteiger partial charge in [-0.15, -0.1) is 0 Å². The lowest BCUT2D eigenvalue weighted by Crippen LogP contribution is -2.22. The largest absolute Gasteiger partial charge is 0.470 e. The number of hydrogen-bond donors (Lipinski definition) is 0. The molecule has 0 saturated heterocycles. The topological polar surface area (TPSA) is 79.4 Å². The first-order valence-corrected chi connectivity index (χ1v) is 10.9. The third-order valence-corrected chi connectivity index (χ3v) is 4.77. The third-order valence-electron chi connectivity index (χ3n) is 3.07. The molecule has 0 saturated carbocycles. The molecule has 8 heteroatoms. The van der Waals surface area contributed by atoms with Crippen molar-refractivity contribution in [3.05, 3.63) is 16.3 Å². The van der Waals surface area contributed by atoms with Gasteiger partial charge in [-0.1, -0.05) is 26.6 Å². The lowest BCUT2D eigenvalue weighted by atomic mass is 10.3. The molecule has 0 aliphatic rings. The molecule has 7 nitrogen and oxygen atoms in total. The Balaban J connectivity index is 2.70. The van der Waals surface area contributed by atoms with E-state index in [9.17, 15) is 10.1 Å². The van der Waals surface area contributed by atoms with E-state index in [0.29, 0.717) is 6.61 Å². The fourth-order valence-corrected chi connectivity index (χ4v) is 2.26. The fourth-order valence-electron chi connectivity index (χ4n) is 1.51. The summed E-state index contributed by atoms with van der Waals surface area (Å²) in [5, 5.41) is 15.0. The van der Waals surface area contributed by atoms with Crippen molar-refractivity contribution in [2.75, 3.05) is 6.61 Å². The molecule has 0 N–H and O–H groups in total. The van der Waals surface area contributed by atoms with Crippen molar-refractivity contribution >= 4 is 13.8 Å². The molecule has 0 spiro atoms. The summed E-state index contributed by atoms with van der Waals surface area (Å²) in [7, 11) is -1.15. The van der Waals surface area contributed by atoms with Crippen molar-refractivity contribution in [2.45, 2.75) is 58.8 Å². The van der Waals surface area contributed by atoms with E-state index >= 15 is 0 Å². The zero-order valence-electron chi connectivity index (χ0n) is 13.5. The number of aromatic nitrogens is 2. The highest BCUT2D eigenvalue weighted by Gasteiger charge is 2.24. The van der Waals surface area contributed by atoms with Crippen LogP contribution in [0.4, 0.5) is 5.69 Å². The highest BCUT2D eigenvalue weighted by atomic mass is 28.3. The second kappa shape index (κ2) is 7.55. The molecule has 1 rings (SSSR count). The van der Waals surface area contributed by atoms with Crippen LogP contribution in [-0.2, 0) is 11.5 Å². The third kappa shape index (κ3) is 5.84. The Morgan fingerprint density at radius 1 is 1.48 bits per heavy atom. The lowest BCUT2D eigenvalue weighted by Gasteiger charge is -2.16. The van der Waals surface area contributed by atoms with Gasteiger partial charge in [-0.3, -0.25) is 10.1 Å². The summed E-state index contributed by atoms with van der Waals surface area (Å²) in [6.45, 7) is 11.4. The van der Waals surface area contributed by atoms with Crippen molar-refractivity contribution in [1.82, 2.24) is 9.78 Å². The van der Waals surface area contributed by atoms with Crippen LogP contribution < -0.4 is 4.74 Å². The Hall–Kier alpha value is -1.41. The van der Waals surface area contributed by atoms with E-state index < -0.39 is 13.0 Å². The zero-order valence-corrected chi connectivity index (χ0v) is 14.5. The van der Waals surface area contributed by atoms with E-state index in [-0.39, 0.29) is 24.4 Å². The maximum absolute atomic E-state index is 11.0. The van der Waals surface area contributed by atoms with Crippen molar-refractivity contribution in [3.63, 3.8) is 0 Å². The van der Waals surface area contributed by atoms with Crippen LogP contribution in [0.2, 0.25) is 25.7 Å². The molecule has 1 heterocycles. The average Bonchev–Trinajstić information content (AvgIpc) is 2.76. The first-order chi connectivity index (χ1) is 9.74. The van der Waals surface area contributed by atoms with Crippen molar-refractivity contribution in [2.24, 2.45) is 0 Å². The zero-order chi connectivity index (χ0) is 16.0. The molecule has 21 heavy (non-hydrogen) atoms. The quantitative estimate of drug-likeness (QED) is 0.302. The van der Waals surface area contributed by atoms with Crippen LogP contribution in [0.3, 0.4) is 0 Å². The number of hydrogen-bond acceptors (Lipinski definition) is 5. The summed E-state index contributed by atoms with van der Waals surface area (Å²) in [6.07, 6.45) is 1.86. The maximum atomic E-state index is 11.0. The Kier molecular flexibility index (Phi) is 6.34. The predicted molar refractivity (Wildman–Crippen MR) is 83.4 cm³/mol. The van der Waals surface area contributed by atoms with Gasteiger partial charge in [0.1, 0.15) is 12.9 Å². The van der Waals surface area contributed by atoms with Gasteiger partial charge in [0.05, 0.1) is 11.0 Å². The van der Waals surface area contributed by atoms with Gasteiger partial charge in [0.2, 0.25) is 0 Å². The van der Waals surface area contributed by atoms with E-state index in [4.69, 9.17) is 9.47 Å². The number of ether oxygens (including phenoxy) is 2. The summed E-state index contributed by atoms with van der Waals surface area (Å²) in [4.78, 5) is 10.5. The molecule has 1 atom stereocenters. The van der Waals surface area contributed by atoms with Gasteiger partial charge >= 0.3 is 5.69 Å². The Morgan fingerprint density at radius 2 is 2.14 bits per heavy atom. The standard InChI is InChI=1S/C13H25N3O4Si/c1-6-11(2)20-13-12(16(17)18)9-14-15(13)10-19-7-8-21(3,4)5/h9,11H,6-8,10H2,1-5H3/t11-/m0/s1. The van der Waals surface area contributed by atoms with E-state index in [1.54, 1.807) is 0 Å². The molecule has 1 aromatic heterocycles. The smallest absolute Gasteiger partial charge is 0.350 e. The molecule has 0 bridgehead atoms. The summed E-state index contributed by atoms with van der Waals surface area (Å²) >= 11 is 0. The Bertz CT molecular complexity index is 470. The number of rotatable bonds is 9. The minimum absolute atomic E-state index is 0.110. The van der Waals surface area contributed by atoms with Gasteiger partial charge in [-0.05, 0) is 19.4 Å². The summed E-state index contributed by atoms with van der Waals surface area (Å²) in [5.41, 5.74) is -0.121. The van der Waals surface area contributed by atoms with Crippen LogP contribution >= 0.6 is 0 Å². The SMILES string of the molecule is CC[C@H](C)Oc1c([N+](=O)[O-])cnn1COCC[Si](C)(C)C. The maximum Gasteiger partial charge on any atom is 0.350 e. The van der Waals surface area contributed by atoms with E-state index in [0.717, 1.165) is 12.5 Å². The van der Waals surface area contributed by atoms with Crippen LogP contribution in [0.1, 0.15) is 20.3 Å². The molecular weight excluding hydrogens is 290 g/mol. The molecule has 0 aromatic carbocycles. The van der Waals surface area contributed by atoms with Crippen molar-refractivity contribution < 1.29 is 14.4 Å². The molecule has 0 fully saturated rings. The molecule has 0 aliphatic heterocycles. The molecule has 1 aromatic rings. The van der Waals surface area contributed by atoms with E-state index in [1.807, 2.05) is 13.8 Å². The summed E-state index contributed by atoms with van der Waals surface area (Å²) in [5.74, 6) is 0.169. The molecule has 0 radical (unpaired) electrons. The summed E-state index contributed by atoms with van der Waals surface area (Å²) < 4.78 is 12.6. The lowest BCUT2D eigenvalue weighted by molar-refractivity contribution is -0.386. The number of nitrogens with zero attached hydrogens (tertiary/aromatic N) is 3. The number of nitro groups is 1. The van der Waals surface area contributed by atoms with E-state index in [1.165, 1.54) is 10.9 Å². The van der Waals surface area contributed by atoms with E-state index in [2.05, 4.69) is 24.7 Å². The van der Waals surface area contributed by atoms with Crippen LogP contribution in [0.15, 0.2) is 6.20 Å². The highest BCUT2D eigenvalue weighted by molar-refractivity contribution is 6.76. The van der Waals surface area contributed by atoms with Gasteiger partial charge in [0, 0.05) is 14.7 Å². The molecule has 0 aliphatic carbocycles. The van der Waals surface area contributed by atoms with Gasteiger partial charge in [0.15, 0.2) is 0 Å². The monoisotopic (exact) mass is 315 g/mol. The normalized spacial score (nSPS) is 13.2. The van der Waals surface area contributed by atoms with Gasteiger partial charge in [-0.2, -0.15) is 5.10 Å². The van der Waals surface area contributed by atoms with Crippen LogP contribution in [-0.4, -0.2) is 35.5 Å². The Labute approximate surface area is 126 Å². The summed E-state index contributed by atoms with van der Waals surface area (Å²) in [6, 6.07) is 1.04. The molecule has 0 unspecified atom stereocenters. The Morgan fingerprint density at radius 3 is 2.67 bits per heavy atom. The molecule has 0 amide bonds. The van der Waals surface area contributed by atoms with Gasteiger partial charge in [0.25, 0.3) is 5.88 Å². The second-order valence-electron chi connectivity index (χ2n) is 6.28. The van der Waals surface area contributed by atoms with Crippen molar-refractivity contribution in [3.8, 4) is 5.88 Å². The highest BCUT2D eigenvalue weighted by Crippen LogP contribution is 2.27. The first-order valence-electron chi connectivity index (χ1n) is 7.19. The van der Waals surface area contributed by atoms with Gasteiger partial charge < -0.3 is 9.47 Å². The second-order valence-corrected chi connectivity index (χ2v) is 11.9. The van der Waals surface area contributed by atoms with Crippen LogP contribution in [0.25, 0.3) is 0 Å². The minimum atomic E-state index is -1.15. The average molecular weight is 315 g/mol. The van der Waals surface area contributed by atoms with Crippen LogP contribution in [0.5, 0.6) is 5.88 Å². The van der Waals surface area contributed by atoms with Crippen molar-refractivity contribution in [1.29, 1.82) is 0 Å². The first kappa shape index (κ1) is 17.6. The predicted octanol–water partition coefficient (Wildman–Crippen LogP) is 3.28. The molecule has 120 valence electrons. The van der Waals surface area contributed by atoms with Gasteiger partial charge in [-0.25, -0.2) is 4.68 Å². The molecular formula is C13H25N3O4Si.